The quantitative estimate of drug-likeness (QED) is 0.817. The number of quaternary nitrogens is 1. The number of rotatable bonds is 7. The summed E-state index contributed by atoms with van der Waals surface area (Å²) >= 11 is 0. The third-order valence-corrected chi connectivity index (χ3v) is 3.60. The lowest BCUT2D eigenvalue weighted by atomic mass is 10.2. The van der Waals surface area contributed by atoms with E-state index in [-0.39, 0.29) is 18.1 Å². The van der Waals surface area contributed by atoms with Gasteiger partial charge in [0.2, 0.25) is 0 Å². The van der Waals surface area contributed by atoms with Gasteiger partial charge in [0, 0.05) is 5.56 Å². The van der Waals surface area contributed by atoms with Crippen molar-refractivity contribution in [2.24, 2.45) is 0 Å². The van der Waals surface area contributed by atoms with Crippen molar-refractivity contribution in [2.75, 3.05) is 25.5 Å². The van der Waals surface area contributed by atoms with E-state index in [1.165, 1.54) is 6.07 Å². The first-order valence-electron chi connectivity index (χ1n) is 8.07. The predicted molar refractivity (Wildman–Crippen MR) is 92.8 cm³/mol. The highest BCUT2D eigenvalue weighted by Gasteiger charge is 2.13. The molecule has 128 valence electrons. The summed E-state index contributed by atoms with van der Waals surface area (Å²) in [5.74, 6) is 0.222. The van der Waals surface area contributed by atoms with Crippen molar-refractivity contribution in [2.45, 2.75) is 20.4 Å². The van der Waals surface area contributed by atoms with E-state index in [2.05, 4.69) is 5.32 Å². The van der Waals surface area contributed by atoms with Crippen LogP contribution in [0.4, 0.5) is 10.1 Å². The van der Waals surface area contributed by atoms with Crippen LogP contribution in [0.1, 0.15) is 18.1 Å². The summed E-state index contributed by atoms with van der Waals surface area (Å²) in [6.07, 6.45) is 0. The van der Waals surface area contributed by atoms with Gasteiger partial charge in [0.05, 0.1) is 19.3 Å². The van der Waals surface area contributed by atoms with E-state index in [9.17, 15) is 9.18 Å². The molecule has 2 aromatic rings. The molecule has 24 heavy (non-hydrogen) atoms. The highest BCUT2D eigenvalue weighted by molar-refractivity contribution is 5.91. The van der Waals surface area contributed by atoms with Gasteiger partial charge in [0.1, 0.15) is 18.1 Å². The van der Waals surface area contributed by atoms with Crippen molar-refractivity contribution in [3.05, 3.63) is 59.4 Å². The standard InChI is InChI=1S/C19H23FN2O2/c1-4-24-16-8-6-15(7-9-16)12-22(3)13-19(23)21-18-10-5-14(2)11-17(18)20/h5-11H,4,12-13H2,1-3H3,(H,21,23)/p+1. The number of nitrogens with one attached hydrogen (secondary N) is 2. The number of carbonyl (C=O) groups excluding carboxylic acids is 1. The lowest BCUT2D eigenvalue weighted by molar-refractivity contribution is -0.885. The summed E-state index contributed by atoms with van der Waals surface area (Å²) in [6.45, 7) is 5.36. The number of hydrogen-bond donors (Lipinski definition) is 2. The molecule has 0 aromatic heterocycles. The summed E-state index contributed by atoms with van der Waals surface area (Å²) in [4.78, 5) is 13.1. The Morgan fingerprint density at radius 1 is 1.21 bits per heavy atom. The Morgan fingerprint density at radius 3 is 2.54 bits per heavy atom. The Kier molecular flexibility index (Phi) is 6.32. The van der Waals surface area contributed by atoms with Gasteiger partial charge in [-0.2, -0.15) is 0 Å². The summed E-state index contributed by atoms with van der Waals surface area (Å²) < 4.78 is 19.2. The number of benzene rings is 2. The summed E-state index contributed by atoms with van der Waals surface area (Å²) in [7, 11) is 1.93. The van der Waals surface area contributed by atoms with E-state index < -0.39 is 5.82 Å². The summed E-state index contributed by atoms with van der Waals surface area (Å²) in [5, 5.41) is 2.63. The van der Waals surface area contributed by atoms with E-state index in [0.717, 1.165) is 21.8 Å². The Bertz CT molecular complexity index is 686. The number of halogens is 1. The van der Waals surface area contributed by atoms with Crippen LogP contribution in [0.25, 0.3) is 0 Å². The zero-order valence-corrected chi connectivity index (χ0v) is 14.4. The molecule has 0 radical (unpaired) electrons. The van der Waals surface area contributed by atoms with Gasteiger partial charge in [0.25, 0.3) is 5.91 Å². The van der Waals surface area contributed by atoms with Gasteiger partial charge in [-0.25, -0.2) is 4.39 Å². The normalized spacial score (nSPS) is 11.8. The van der Waals surface area contributed by atoms with Crippen LogP contribution >= 0.6 is 0 Å². The van der Waals surface area contributed by atoms with E-state index in [1.54, 1.807) is 12.1 Å². The first kappa shape index (κ1) is 17.9. The van der Waals surface area contributed by atoms with E-state index in [4.69, 9.17) is 4.74 Å². The molecular formula is C19H24FN2O2+. The molecule has 2 N–H and O–H groups in total. The Morgan fingerprint density at radius 2 is 1.92 bits per heavy atom. The fourth-order valence-electron chi connectivity index (χ4n) is 2.47. The number of carbonyl (C=O) groups is 1. The highest BCUT2D eigenvalue weighted by Crippen LogP contribution is 2.15. The highest BCUT2D eigenvalue weighted by atomic mass is 19.1. The van der Waals surface area contributed by atoms with Gasteiger partial charge < -0.3 is 15.0 Å². The molecule has 2 aromatic carbocycles. The van der Waals surface area contributed by atoms with Gasteiger partial charge in [-0.3, -0.25) is 4.79 Å². The van der Waals surface area contributed by atoms with Crippen LogP contribution in [-0.4, -0.2) is 26.1 Å². The van der Waals surface area contributed by atoms with Crippen LogP contribution in [-0.2, 0) is 11.3 Å². The summed E-state index contributed by atoms with van der Waals surface area (Å²) in [5.41, 5.74) is 2.16. The molecular weight excluding hydrogens is 307 g/mol. The van der Waals surface area contributed by atoms with Crippen LogP contribution in [0.3, 0.4) is 0 Å². The largest absolute Gasteiger partial charge is 0.494 e. The van der Waals surface area contributed by atoms with Gasteiger partial charge in [0.15, 0.2) is 6.54 Å². The third kappa shape index (κ3) is 5.35. The zero-order chi connectivity index (χ0) is 17.5. The zero-order valence-electron chi connectivity index (χ0n) is 14.4. The Hall–Kier alpha value is -2.40. The maximum Gasteiger partial charge on any atom is 0.279 e. The second-order valence-corrected chi connectivity index (χ2v) is 5.92. The van der Waals surface area contributed by atoms with Crippen molar-refractivity contribution in [3.63, 3.8) is 0 Å². The van der Waals surface area contributed by atoms with Crippen LogP contribution in [0.15, 0.2) is 42.5 Å². The Labute approximate surface area is 142 Å². The monoisotopic (exact) mass is 331 g/mol. The van der Waals surface area contributed by atoms with Crippen molar-refractivity contribution in [3.8, 4) is 5.75 Å². The molecule has 0 saturated carbocycles. The van der Waals surface area contributed by atoms with E-state index in [0.29, 0.717) is 13.2 Å². The molecule has 0 saturated heterocycles. The second-order valence-electron chi connectivity index (χ2n) is 5.92. The number of hydrogen-bond acceptors (Lipinski definition) is 2. The molecule has 0 spiro atoms. The summed E-state index contributed by atoms with van der Waals surface area (Å²) in [6, 6.07) is 12.6. The minimum Gasteiger partial charge on any atom is -0.494 e. The number of ether oxygens (including phenoxy) is 1. The molecule has 0 fully saturated rings. The maximum atomic E-state index is 13.8. The van der Waals surface area contributed by atoms with Crippen molar-refractivity contribution in [1.29, 1.82) is 0 Å². The van der Waals surface area contributed by atoms with Gasteiger partial charge in [-0.15, -0.1) is 0 Å². The topological polar surface area (TPSA) is 42.8 Å². The molecule has 4 nitrogen and oxygen atoms in total. The predicted octanol–water partition coefficient (Wildman–Crippen LogP) is 2.19. The first-order valence-corrected chi connectivity index (χ1v) is 8.07. The fourth-order valence-corrected chi connectivity index (χ4v) is 2.47. The van der Waals surface area contributed by atoms with Gasteiger partial charge in [-0.1, -0.05) is 6.07 Å². The molecule has 5 heteroatoms. The van der Waals surface area contributed by atoms with Crippen LogP contribution < -0.4 is 15.0 Å². The molecule has 0 aliphatic heterocycles. The van der Waals surface area contributed by atoms with E-state index >= 15 is 0 Å². The fraction of sp³-hybridized carbons (Fsp3) is 0.316. The molecule has 0 aliphatic rings. The number of anilines is 1. The third-order valence-electron chi connectivity index (χ3n) is 3.60. The number of aryl methyl sites for hydroxylation is 1. The second kappa shape index (κ2) is 8.45. The molecule has 1 unspecified atom stereocenters. The lowest BCUT2D eigenvalue weighted by Gasteiger charge is -2.14. The van der Waals surface area contributed by atoms with Crippen molar-refractivity contribution < 1.29 is 18.8 Å². The van der Waals surface area contributed by atoms with Crippen LogP contribution in [0, 0.1) is 12.7 Å². The minimum absolute atomic E-state index is 0.207. The first-order chi connectivity index (χ1) is 11.5. The van der Waals surface area contributed by atoms with Crippen LogP contribution in [0.2, 0.25) is 0 Å². The Balaban J connectivity index is 1.86. The molecule has 0 bridgehead atoms. The minimum atomic E-state index is -0.410. The number of amides is 1. The average molecular weight is 331 g/mol. The molecule has 1 atom stereocenters. The van der Waals surface area contributed by atoms with Crippen LogP contribution in [0.5, 0.6) is 5.75 Å². The molecule has 0 aliphatic carbocycles. The average Bonchev–Trinajstić information content (AvgIpc) is 2.52. The maximum absolute atomic E-state index is 13.8. The molecule has 1 amide bonds. The lowest BCUT2D eigenvalue weighted by Crippen LogP contribution is -3.08. The molecule has 0 heterocycles. The van der Waals surface area contributed by atoms with Crippen molar-refractivity contribution >= 4 is 11.6 Å². The van der Waals surface area contributed by atoms with Gasteiger partial charge >= 0.3 is 0 Å². The molecule has 2 rings (SSSR count). The van der Waals surface area contributed by atoms with Gasteiger partial charge in [-0.05, 0) is 55.8 Å². The smallest absolute Gasteiger partial charge is 0.279 e. The van der Waals surface area contributed by atoms with Crippen molar-refractivity contribution in [1.82, 2.24) is 0 Å². The number of likely N-dealkylation sites (N-methyl/N-ethyl adjacent to an activating group) is 1. The van der Waals surface area contributed by atoms with E-state index in [1.807, 2.05) is 45.2 Å². The SMILES string of the molecule is CCOc1ccc(C[NH+](C)CC(=O)Nc2ccc(C)cc2F)cc1.